The van der Waals surface area contributed by atoms with E-state index in [1.807, 2.05) is 25.7 Å². The molecule has 2 rings (SSSR count). The Balaban J connectivity index is 2.04. The quantitative estimate of drug-likeness (QED) is 0.831. The summed E-state index contributed by atoms with van der Waals surface area (Å²) in [5.41, 5.74) is -0.506. The number of aliphatic carboxylic acids is 1. The van der Waals surface area contributed by atoms with Crippen LogP contribution in [0.5, 0.6) is 0 Å². The van der Waals surface area contributed by atoms with E-state index in [-0.39, 0.29) is 18.6 Å². The van der Waals surface area contributed by atoms with E-state index in [0.717, 1.165) is 25.9 Å². The number of rotatable bonds is 4. The van der Waals surface area contributed by atoms with Gasteiger partial charge in [0.1, 0.15) is 5.60 Å². The number of amides is 1. The molecule has 6 heteroatoms. The number of nitrogens with zero attached hydrogens (tertiary/aromatic N) is 1. The van der Waals surface area contributed by atoms with Crippen LogP contribution in [-0.2, 0) is 9.53 Å². The fraction of sp³-hybridized carbons (Fsp3) is 0.875. The number of carbonyl (C=O) groups is 2. The first-order valence-corrected chi connectivity index (χ1v) is 8.18. The third-order valence-corrected chi connectivity index (χ3v) is 4.39. The van der Waals surface area contributed by atoms with Gasteiger partial charge in [-0.25, -0.2) is 4.79 Å². The number of carboxylic acid groups (broad SMARTS) is 1. The van der Waals surface area contributed by atoms with Crippen molar-refractivity contribution in [2.75, 3.05) is 19.6 Å². The molecule has 0 aliphatic carbocycles. The summed E-state index contributed by atoms with van der Waals surface area (Å²) < 4.78 is 5.55. The summed E-state index contributed by atoms with van der Waals surface area (Å²) in [7, 11) is 0. The van der Waals surface area contributed by atoms with Gasteiger partial charge in [-0.1, -0.05) is 0 Å². The number of hydrogen-bond donors (Lipinski definition) is 2. The fourth-order valence-corrected chi connectivity index (χ4v) is 3.55. The molecule has 2 saturated heterocycles. The van der Waals surface area contributed by atoms with E-state index in [4.69, 9.17) is 9.84 Å². The summed E-state index contributed by atoms with van der Waals surface area (Å²) in [5.74, 6) is 0.0927. The summed E-state index contributed by atoms with van der Waals surface area (Å²) in [4.78, 5) is 25.1. The lowest BCUT2D eigenvalue weighted by Gasteiger charge is -2.48. The van der Waals surface area contributed by atoms with Crippen molar-refractivity contribution in [3.05, 3.63) is 0 Å². The van der Waals surface area contributed by atoms with E-state index in [1.54, 1.807) is 0 Å². The van der Waals surface area contributed by atoms with Crippen LogP contribution >= 0.6 is 0 Å². The third kappa shape index (κ3) is 4.60. The molecule has 2 heterocycles. The van der Waals surface area contributed by atoms with Crippen molar-refractivity contribution >= 4 is 12.1 Å². The molecule has 0 radical (unpaired) electrons. The zero-order valence-electron chi connectivity index (χ0n) is 13.8. The van der Waals surface area contributed by atoms with Gasteiger partial charge >= 0.3 is 12.1 Å². The Morgan fingerprint density at radius 1 is 1.32 bits per heavy atom. The summed E-state index contributed by atoms with van der Waals surface area (Å²) in [5, 5.41) is 12.3. The second kappa shape index (κ2) is 6.86. The van der Waals surface area contributed by atoms with E-state index >= 15 is 0 Å². The van der Waals surface area contributed by atoms with E-state index in [9.17, 15) is 9.59 Å². The van der Waals surface area contributed by atoms with Crippen molar-refractivity contribution in [1.82, 2.24) is 10.2 Å². The minimum absolute atomic E-state index is 0.0817. The summed E-state index contributed by atoms with van der Waals surface area (Å²) >= 11 is 0. The van der Waals surface area contributed by atoms with Crippen LogP contribution in [0.3, 0.4) is 0 Å². The zero-order valence-corrected chi connectivity index (χ0v) is 13.8. The van der Waals surface area contributed by atoms with Crippen molar-refractivity contribution in [2.24, 2.45) is 11.8 Å². The highest BCUT2D eigenvalue weighted by molar-refractivity contribution is 5.69. The Morgan fingerprint density at radius 2 is 2.05 bits per heavy atom. The van der Waals surface area contributed by atoms with Crippen LogP contribution in [0.25, 0.3) is 0 Å². The van der Waals surface area contributed by atoms with E-state index in [0.29, 0.717) is 24.8 Å². The Morgan fingerprint density at radius 3 is 2.68 bits per heavy atom. The molecule has 22 heavy (non-hydrogen) atoms. The summed E-state index contributed by atoms with van der Waals surface area (Å²) in [6, 6.07) is 0.0817. The van der Waals surface area contributed by atoms with Crippen LogP contribution in [0, 0.1) is 11.8 Å². The highest BCUT2D eigenvalue weighted by atomic mass is 16.6. The van der Waals surface area contributed by atoms with E-state index in [2.05, 4.69) is 5.32 Å². The summed E-state index contributed by atoms with van der Waals surface area (Å²) in [6.45, 7) is 8.16. The molecule has 0 aromatic heterocycles. The predicted octanol–water partition coefficient (Wildman–Crippen LogP) is 2.09. The van der Waals surface area contributed by atoms with Gasteiger partial charge < -0.3 is 20.1 Å². The SMILES string of the molecule is CC(C)(C)OC(=O)N1C[C@H]2CNC[C@H](C2)[C@@H]1CCCC(=O)O. The first-order valence-electron chi connectivity index (χ1n) is 8.18. The average Bonchev–Trinajstić information content (AvgIpc) is 2.39. The van der Waals surface area contributed by atoms with Crippen LogP contribution in [0.2, 0.25) is 0 Å². The zero-order chi connectivity index (χ0) is 16.3. The minimum Gasteiger partial charge on any atom is -0.481 e. The molecule has 2 N–H and O–H groups in total. The van der Waals surface area contributed by atoms with Crippen molar-refractivity contribution in [3.8, 4) is 0 Å². The largest absolute Gasteiger partial charge is 0.481 e. The highest BCUT2D eigenvalue weighted by Crippen LogP contribution is 2.33. The molecular weight excluding hydrogens is 284 g/mol. The first-order chi connectivity index (χ1) is 10.3. The lowest BCUT2D eigenvalue weighted by atomic mass is 9.78. The molecule has 126 valence electrons. The maximum atomic E-state index is 12.5. The lowest BCUT2D eigenvalue weighted by molar-refractivity contribution is -0.137. The predicted molar refractivity (Wildman–Crippen MR) is 82.7 cm³/mol. The number of nitrogens with one attached hydrogen (secondary N) is 1. The number of likely N-dealkylation sites (tertiary alicyclic amines) is 1. The molecule has 1 amide bonds. The smallest absolute Gasteiger partial charge is 0.410 e. The molecule has 0 unspecified atom stereocenters. The number of carbonyl (C=O) groups excluding carboxylic acids is 1. The van der Waals surface area contributed by atoms with Crippen molar-refractivity contribution in [1.29, 1.82) is 0 Å². The topological polar surface area (TPSA) is 78.9 Å². The van der Waals surface area contributed by atoms with Crippen molar-refractivity contribution in [3.63, 3.8) is 0 Å². The van der Waals surface area contributed by atoms with Crippen LogP contribution in [0.4, 0.5) is 4.79 Å². The molecule has 0 saturated carbocycles. The standard InChI is InChI=1S/C16H28N2O4/c1-16(2,3)22-15(21)18-10-11-7-12(9-17-8-11)13(18)5-4-6-14(19)20/h11-13,17H,4-10H2,1-3H3,(H,19,20)/t11-,12+,13+/m1/s1. The van der Waals surface area contributed by atoms with E-state index < -0.39 is 11.6 Å². The lowest BCUT2D eigenvalue weighted by Crippen LogP contribution is -2.59. The van der Waals surface area contributed by atoms with E-state index in [1.165, 1.54) is 0 Å². The molecular formula is C16H28N2O4. The van der Waals surface area contributed by atoms with Gasteiger partial charge in [0, 0.05) is 19.0 Å². The third-order valence-electron chi connectivity index (χ3n) is 4.39. The highest BCUT2D eigenvalue weighted by Gasteiger charge is 2.41. The van der Waals surface area contributed by atoms with Gasteiger partial charge in [0.25, 0.3) is 0 Å². The molecule has 2 aliphatic heterocycles. The average molecular weight is 312 g/mol. The number of carboxylic acids is 1. The number of fused-ring (bicyclic) bond motifs is 2. The summed E-state index contributed by atoms with van der Waals surface area (Å²) in [6.07, 6.45) is 2.33. The van der Waals surface area contributed by atoms with Gasteiger partial charge in [-0.2, -0.15) is 0 Å². The molecule has 2 fully saturated rings. The maximum absolute atomic E-state index is 12.5. The van der Waals surface area contributed by atoms with Gasteiger partial charge in [0.2, 0.25) is 0 Å². The monoisotopic (exact) mass is 312 g/mol. The Labute approximate surface area is 132 Å². The van der Waals surface area contributed by atoms with Crippen LogP contribution in [0.15, 0.2) is 0 Å². The normalized spacial score (nSPS) is 28.3. The Hall–Kier alpha value is -1.30. The molecule has 2 aliphatic rings. The van der Waals surface area contributed by atoms with Gasteiger partial charge in [0.05, 0.1) is 0 Å². The van der Waals surface area contributed by atoms with Crippen LogP contribution in [0.1, 0.15) is 46.5 Å². The van der Waals surface area contributed by atoms with Gasteiger partial charge in [-0.3, -0.25) is 4.79 Å². The van der Waals surface area contributed by atoms with Gasteiger partial charge in [0.15, 0.2) is 0 Å². The maximum Gasteiger partial charge on any atom is 0.410 e. The molecule has 0 spiro atoms. The second-order valence-corrected chi connectivity index (χ2v) is 7.51. The number of hydrogen-bond acceptors (Lipinski definition) is 4. The number of piperidine rings is 2. The Bertz CT molecular complexity index is 419. The second-order valence-electron chi connectivity index (χ2n) is 7.51. The van der Waals surface area contributed by atoms with Gasteiger partial charge in [-0.15, -0.1) is 0 Å². The van der Waals surface area contributed by atoms with Crippen LogP contribution in [-0.4, -0.2) is 53.3 Å². The van der Waals surface area contributed by atoms with Gasteiger partial charge in [-0.05, 0) is 65.0 Å². The minimum atomic E-state index is -0.778. The fourth-order valence-electron chi connectivity index (χ4n) is 3.55. The Kier molecular flexibility index (Phi) is 5.32. The first kappa shape index (κ1) is 17.1. The molecule has 0 aromatic rings. The molecule has 6 nitrogen and oxygen atoms in total. The molecule has 0 aromatic carbocycles. The molecule has 2 bridgehead atoms. The number of ether oxygens (including phenoxy) is 1. The van der Waals surface area contributed by atoms with Crippen LogP contribution < -0.4 is 5.32 Å². The molecule has 3 atom stereocenters. The van der Waals surface area contributed by atoms with Crippen molar-refractivity contribution < 1.29 is 19.4 Å². The van der Waals surface area contributed by atoms with Crippen molar-refractivity contribution in [2.45, 2.75) is 58.1 Å².